The SMILES string of the molecule is Cc1cccc(N2CCN(CCC(=O)NC3CCNCC3C)CC2)c1. The molecule has 0 saturated carbocycles. The number of carbonyl (C=O) groups is 1. The Labute approximate surface area is 151 Å². The first kappa shape index (κ1) is 18.2. The number of anilines is 1. The number of amides is 1. The number of nitrogens with one attached hydrogen (secondary N) is 2. The van der Waals surface area contributed by atoms with Crippen LogP contribution in [0.4, 0.5) is 5.69 Å². The minimum atomic E-state index is 0.208. The fourth-order valence-electron chi connectivity index (χ4n) is 3.82. The van der Waals surface area contributed by atoms with Crippen LogP contribution in [-0.2, 0) is 4.79 Å². The van der Waals surface area contributed by atoms with Crippen LogP contribution >= 0.6 is 0 Å². The molecule has 0 spiro atoms. The molecule has 138 valence electrons. The molecule has 1 amide bonds. The molecule has 2 aliphatic heterocycles. The van der Waals surface area contributed by atoms with Crippen molar-refractivity contribution in [3.8, 4) is 0 Å². The highest BCUT2D eigenvalue weighted by Gasteiger charge is 2.23. The number of piperidine rings is 1. The highest BCUT2D eigenvalue weighted by molar-refractivity contribution is 5.76. The first-order valence-corrected chi connectivity index (χ1v) is 9.66. The minimum Gasteiger partial charge on any atom is -0.369 e. The summed E-state index contributed by atoms with van der Waals surface area (Å²) in [6.07, 6.45) is 1.66. The number of piperazine rings is 1. The van der Waals surface area contributed by atoms with Crippen molar-refractivity contribution in [2.24, 2.45) is 5.92 Å². The van der Waals surface area contributed by atoms with E-state index in [4.69, 9.17) is 0 Å². The van der Waals surface area contributed by atoms with E-state index in [2.05, 4.69) is 58.5 Å². The van der Waals surface area contributed by atoms with Gasteiger partial charge in [-0.15, -0.1) is 0 Å². The molecule has 5 heteroatoms. The summed E-state index contributed by atoms with van der Waals surface area (Å²) >= 11 is 0. The first-order valence-electron chi connectivity index (χ1n) is 9.66. The second-order valence-electron chi connectivity index (χ2n) is 7.56. The summed E-state index contributed by atoms with van der Waals surface area (Å²) in [6, 6.07) is 9.05. The molecular weight excluding hydrogens is 312 g/mol. The first-order chi connectivity index (χ1) is 12.1. The molecule has 2 unspecified atom stereocenters. The Hall–Kier alpha value is -1.59. The molecule has 0 aromatic heterocycles. The van der Waals surface area contributed by atoms with Gasteiger partial charge in [0.05, 0.1) is 0 Å². The molecule has 2 saturated heterocycles. The molecule has 2 N–H and O–H groups in total. The smallest absolute Gasteiger partial charge is 0.221 e. The Balaban J connectivity index is 1.38. The van der Waals surface area contributed by atoms with Crippen molar-refractivity contribution in [2.45, 2.75) is 32.7 Å². The molecule has 1 aromatic rings. The zero-order chi connectivity index (χ0) is 17.6. The van der Waals surface area contributed by atoms with Crippen molar-refractivity contribution < 1.29 is 4.79 Å². The summed E-state index contributed by atoms with van der Waals surface area (Å²) in [6.45, 7) is 11.4. The molecule has 0 aliphatic carbocycles. The predicted molar refractivity (Wildman–Crippen MR) is 103 cm³/mol. The van der Waals surface area contributed by atoms with Crippen LogP contribution in [0.2, 0.25) is 0 Å². The van der Waals surface area contributed by atoms with Crippen molar-refractivity contribution in [1.29, 1.82) is 0 Å². The van der Waals surface area contributed by atoms with E-state index in [0.29, 0.717) is 18.4 Å². The van der Waals surface area contributed by atoms with E-state index in [1.807, 2.05) is 0 Å². The van der Waals surface area contributed by atoms with Crippen molar-refractivity contribution in [2.75, 3.05) is 50.7 Å². The zero-order valence-electron chi connectivity index (χ0n) is 15.6. The summed E-state index contributed by atoms with van der Waals surface area (Å²) < 4.78 is 0. The molecule has 2 aliphatic rings. The number of carbonyl (C=O) groups excluding carboxylic acids is 1. The topological polar surface area (TPSA) is 47.6 Å². The van der Waals surface area contributed by atoms with Crippen LogP contribution < -0.4 is 15.5 Å². The number of aryl methyl sites for hydroxylation is 1. The van der Waals surface area contributed by atoms with Crippen molar-refractivity contribution in [1.82, 2.24) is 15.5 Å². The Bertz CT molecular complexity index is 569. The largest absolute Gasteiger partial charge is 0.369 e. The van der Waals surface area contributed by atoms with Gasteiger partial charge in [0, 0.05) is 50.9 Å². The van der Waals surface area contributed by atoms with E-state index in [-0.39, 0.29) is 5.91 Å². The number of hydrogen-bond donors (Lipinski definition) is 2. The van der Waals surface area contributed by atoms with E-state index >= 15 is 0 Å². The third kappa shape index (κ3) is 5.19. The summed E-state index contributed by atoms with van der Waals surface area (Å²) in [7, 11) is 0. The molecule has 2 fully saturated rings. The standard InChI is InChI=1S/C20H32N4O/c1-16-4-3-5-18(14-16)24-12-10-23(11-13-24)9-7-20(25)22-19-6-8-21-15-17(19)2/h3-5,14,17,19,21H,6-13,15H2,1-2H3,(H,22,25). The maximum absolute atomic E-state index is 12.3. The molecular formula is C20H32N4O. The maximum Gasteiger partial charge on any atom is 0.221 e. The summed E-state index contributed by atoms with van der Waals surface area (Å²) in [5.41, 5.74) is 2.63. The lowest BCUT2D eigenvalue weighted by atomic mass is 9.95. The van der Waals surface area contributed by atoms with Crippen LogP contribution in [-0.4, -0.2) is 62.7 Å². The van der Waals surface area contributed by atoms with Gasteiger partial charge in [0.2, 0.25) is 5.91 Å². The van der Waals surface area contributed by atoms with Crippen LogP contribution in [0.3, 0.4) is 0 Å². The average molecular weight is 345 g/mol. The number of hydrogen-bond acceptors (Lipinski definition) is 4. The normalized spacial score (nSPS) is 25.0. The van der Waals surface area contributed by atoms with Gasteiger partial charge in [0.25, 0.3) is 0 Å². The predicted octanol–water partition coefficient (Wildman–Crippen LogP) is 1.62. The lowest BCUT2D eigenvalue weighted by Gasteiger charge is -2.36. The molecule has 0 bridgehead atoms. The molecule has 2 atom stereocenters. The van der Waals surface area contributed by atoms with E-state index in [0.717, 1.165) is 52.2 Å². The second kappa shape index (κ2) is 8.68. The van der Waals surface area contributed by atoms with Gasteiger partial charge in [0.15, 0.2) is 0 Å². The third-order valence-electron chi connectivity index (χ3n) is 5.53. The third-order valence-corrected chi connectivity index (χ3v) is 5.53. The number of rotatable bonds is 5. The highest BCUT2D eigenvalue weighted by Crippen LogP contribution is 2.18. The van der Waals surface area contributed by atoms with Gasteiger partial charge in [-0.25, -0.2) is 0 Å². The Morgan fingerprint density at radius 3 is 2.80 bits per heavy atom. The van der Waals surface area contributed by atoms with Crippen molar-refractivity contribution >= 4 is 11.6 Å². The quantitative estimate of drug-likeness (QED) is 0.852. The lowest BCUT2D eigenvalue weighted by molar-refractivity contribution is -0.122. The van der Waals surface area contributed by atoms with Crippen LogP contribution in [0.25, 0.3) is 0 Å². The summed E-state index contributed by atoms with van der Waals surface area (Å²) in [4.78, 5) is 17.1. The lowest BCUT2D eigenvalue weighted by Crippen LogP contribution is -2.50. The maximum atomic E-state index is 12.3. The van der Waals surface area contributed by atoms with E-state index < -0.39 is 0 Å². The minimum absolute atomic E-state index is 0.208. The van der Waals surface area contributed by atoms with E-state index in [1.54, 1.807) is 0 Å². The molecule has 5 nitrogen and oxygen atoms in total. The van der Waals surface area contributed by atoms with Crippen LogP contribution in [0.5, 0.6) is 0 Å². The van der Waals surface area contributed by atoms with E-state index in [1.165, 1.54) is 11.3 Å². The van der Waals surface area contributed by atoms with Crippen LogP contribution in [0.15, 0.2) is 24.3 Å². The van der Waals surface area contributed by atoms with Gasteiger partial charge in [0.1, 0.15) is 0 Å². The molecule has 25 heavy (non-hydrogen) atoms. The Morgan fingerprint density at radius 2 is 2.08 bits per heavy atom. The number of benzene rings is 1. The fraction of sp³-hybridized carbons (Fsp3) is 0.650. The van der Waals surface area contributed by atoms with Gasteiger partial charge in [-0.3, -0.25) is 9.69 Å². The van der Waals surface area contributed by atoms with Crippen molar-refractivity contribution in [3.63, 3.8) is 0 Å². The average Bonchev–Trinajstić information content (AvgIpc) is 2.62. The molecule has 3 rings (SSSR count). The van der Waals surface area contributed by atoms with Crippen LogP contribution in [0, 0.1) is 12.8 Å². The Morgan fingerprint density at radius 1 is 1.28 bits per heavy atom. The molecule has 1 aromatic carbocycles. The van der Waals surface area contributed by atoms with Gasteiger partial charge in [-0.1, -0.05) is 19.1 Å². The molecule has 0 radical (unpaired) electrons. The zero-order valence-corrected chi connectivity index (χ0v) is 15.6. The number of nitrogens with zero attached hydrogens (tertiary/aromatic N) is 2. The van der Waals surface area contributed by atoms with Gasteiger partial charge >= 0.3 is 0 Å². The highest BCUT2D eigenvalue weighted by atomic mass is 16.1. The summed E-state index contributed by atoms with van der Waals surface area (Å²) in [5.74, 6) is 0.732. The monoisotopic (exact) mass is 344 g/mol. The van der Waals surface area contributed by atoms with Crippen LogP contribution in [0.1, 0.15) is 25.3 Å². The fourth-order valence-corrected chi connectivity index (χ4v) is 3.82. The van der Waals surface area contributed by atoms with Gasteiger partial charge in [-0.05, 0) is 50.0 Å². The Kier molecular flexibility index (Phi) is 6.32. The second-order valence-corrected chi connectivity index (χ2v) is 7.56. The molecule has 2 heterocycles. The van der Waals surface area contributed by atoms with Gasteiger partial charge < -0.3 is 15.5 Å². The van der Waals surface area contributed by atoms with E-state index in [9.17, 15) is 4.79 Å². The van der Waals surface area contributed by atoms with Gasteiger partial charge in [-0.2, -0.15) is 0 Å². The van der Waals surface area contributed by atoms with Crippen molar-refractivity contribution in [3.05, 3.63) is 29.8 Å². The summed E-state index contributed by atoms with van der Waals surface area (Å²) in [5, 5.41) is 6.61.